The SMILES string of the molecule is Cc1cccc(NC(=O)CN(C)CC(=O)NCC2(c3ccc(F)cc3)CCCC2)n1. The van der Waals surface area contributed by atoms with Crippen molar-refractivity contribution in [1.29, 1.82) is 0 Å². The van der Waals surface area contributed by atoms with Gasteiger partial charge in [-0.05, 0) is 56.6 Å². The lowest BCUT2D eigenvalue weighted by Crippen LogP contribution is -2.44. The van der Waals surface area contributed by atoms with Crippen LogP contribution in [-0.2, 0) is 15.0 Å². The molecule has 0 unspecified atom stereocenters. The summed E-state index contributed by atoms with van der Waals surface area (Å²) in [6.45, 7) is 2.58. The molecule has 1 heterocycles. The summed E-state index contributed by atoms with van der Waals surface area (Å²) in [7, 11) is 1.73. The summed E-state index contributed by atoms with van der Waals surface area (Å²) in [5.41, 5.74) is 1.75. The zero-order valence-corrected chi connectivity index (χ0v) is 17.6. The maximum absolute atomic E-state index is 13.3. The molecule has 3 rings (SSSR count). The van der Waals surface area contributed by atoms with E-state index in [-0.39, 0.29) is 36.1 Å². The number of amides is 2. The van der Waals surface area contributed by atoms with Crippen molar-refractivity contribution in [3.8, 4) is 0 Å². The number of benzene rings is 1. The number of aryl methyl sites for hydroxylation is 1. The Balaban J connectivity index is 1.49. The molecule has 1 aromatic heterocycles. The minimum atomic E-state index is -0.253. The Bertz CT molecular complexity index is 879. The number of pyridine rings is 1. The number of aromatic nitrogens is 1. The Hall–Kier alpha value is -2.80. The molecule has 1 aromatic carbocycles. The molecule has 2 N–H and O–H groups in total. The zero-order chi connectivity index (χ0) is 21.6. The van der Waals surface area contributed by atoms with E-state index >= 15 is 0 Å². The molecule has 0 aliphatic heterocycles. The minimum absolute atomic E-state index is 0.0894. The standard InChI is InChI=1S/C23H29FN4O2/c1-17-6-5-7-20(26-17)27-22(30)15-28(2)14-21(29)25-16-23(12-3-4-13-23)18-8-10-19(24)11-9-18/h5-11H,3-4,12-16H2,1-2H3,(H,25,29)(H,26,27,30). The lowest BCUT2D eigenvalue weighted by Gasteiger charge is -2.30. The van der Waals surface area contributed by atoms with E-state index in [0.29, 0.717) is 12.4 Å². The summed E-state index contributed by atoms with van der Waals surface area (Å²) >= 11 is 0. The highest BCUT2D eigenvalue weighted by molar-refractivity contribution is 5.91. The predicted molar refractivity (Wildman–Crippen MR) is 115 cm³/mol. The molecule has 0 spiro atoms. The van der Waals surface area contributed by atoms with Crippen molar-refractivity contribution in [2.45, 2.75) is 38.0 Å². The Morgan fingerprint density at radius 2 is 1.73 bits per heavy atom. The van der Waals surface area contributed by atoms with Gasteiger partial charge in [0.25, 0.3) is 0 Å². The van der Waals surface area contributed by atoms with Gasteiger partial charge in [0.15, 0.2) is 0 Å². The van der Waals surface area contributed by atoms with Gasteiger partial charge in [-0.25, -0.2) is 9.37 Å². The van der Waals surface area contributed by atoms with Gasteiger partial charge in [0.2, 0.25) is 11.8 Å². The average molecular weight is 413 g/mol. The van der Waals surface area contributed by atoms with E-state index in [1.807, 2.05) is 31.2 Å². The van der Waals surface area contributed by atoms with Crippen molar-refractivity contribution in [2.75, 3.05) is 32.0 Å². The summed E-state index contributed by atoms with van der Waals surface area (Å²) in [5.74, 6) is -0.105. The van der Waals surface area contributed by atoms with E-state index in [0.717, 1.165) is 36.9 Å². The van der Waals surface area contributed by atoms with Crippen LogP contribution in [0.2, 0.25) is 0 Å². The highest BCUT2D eigenvalue weighted by atomic mass is 19.1. The van der Waals surface area contributed by atoms with Crippen molar-refractivity contribution in [3.63, 3.8) is 0 Å². The van der Waals surface area contributed by atoms with Gasteiger partial charge in [-0.1, -0.05) is 31.0 Å². The molecule has 2 aromatic rings. The highest BCUT2D eigenvalue weighted by Gasteiger charge is 2.35. The molecule has 0 atom stereocenters. The number of hydrogen-bond donors (Lipinski definition) is 2. The predicted octanol–water partition coefficient (Wildman–Crippen LogP) is 3.03. The first-order valence-corrected chi connectivity index (χ1v) is 10.3. The summed E-state index contributed by atoms with van der Waals surface area (Å²) < 4.78 is 13.3. The van der Waals surface area contributed by atoms with Crippen molar-refractivity contribution >= 4 is 17.6 Å². The van der Waals surface area contributed by atoms with Gasteiger partial charge in [-0.2, -0.15) is 0 Å². The maximum atomic E-state index is 13.3. The number of halogens is 1. The maximum Gasteiger partial charge on any atom is 0.239 e. The second-order valence-electron chi connectivity index (χ2n) is 8.16. The summed E-state index contributed by atoms with van der Waals surface area (Å²) in [4.78, 5) is 30.6. The zero-order valence-electron chi connectivity index (χ0n) is 17.6. The number of nitrogens with zero attached hydrogens (tertiary/aromatic N) is 2. The van der Waals surface area contributed by atoms with E-state index in [1.54, 1.807) is 18.0 Å². The molecule has 1 aliphatic rings. The lowest BCUT2D eigenvalue weighted by molar-refractivity contribution is -0.123. The molecule has 2 amide bonds. The molecule has 7 heteroatoms. The Kier molecular flexibility index (Phi) is 7.15. The molecule has 160 valence electrons. The molecule has 30 heavy (non-hydrogen) atoms. The van der Waals surface area contributed by atoms with Crippen molar-refractivity contribution in [1.82, 2.24) is 15.2 Å². The summed E-state index contributed by atoms with van der Waals surface area (Å²) in [6.07, 6.45) is 4.14. The van der Waals surface area contributed by atoms with Crippen LogP contribution in [0.1, 0.15) is 36.9 Å². The van der Waals surface area contributed by atoms with Gasteiger partial charge in [-0.15, -0.1) is 0 Å². The number of nitrogens with one attached hydrogen (secondary N) is 2. The van der Waals surface area contributed by atoms with E-state index in [4.69, 9.17) is 0 Å². The van der Waals surface area contributed by atoms with Crippen LogP contribution in [0.4, 0.5) is 10.2 Å². The summed E-state index contributed by atoms with van der Waals surface area (Å²) in [5, 5.41) is 5.76. The van der Waals surface area contributed by atoms with Gasteiger partial charge in [0, 0.05) is 17.7 Å². The molecule has 1 aliphatic carbocycles. The fourth-order valence-corrected chi connectivity index (χ4v) is 4.09. The average Bonchev–Trinajstić information content (AvgIpc) is 3.17. The molecule has 0 bridgehead atoms. The number of carbonyl (C=O) groups excluding carboxylic acids is 2. The topological polar surface area (TPSA) is 74.3 Å². The van der Waals surface area contributed by atoms with E-state index < -0.39 is 0 Å². The first-order chi connectivity index (χ1) is 14.4. The highest BCUT2D eigenvalue weighted by Crippen LogP contribution is 2.40. The quantitative estimate of drug-likeness (QED) is 0.699. The van der Waals surface area contributed by atoms with Crippen molar-refractivity contribution < 1.29 is 14.0 Å². The fourth-order valence-electron chi connectivity index (χ4n) is 4.09. The van der Waals surface area contributed by atoms with Crippen LogP contribution in [0.5, 0.6) is 0 Å². The molecule has 1 fully saturated rings. The third-order valence-corrected chi connectivity index (χ3v) is 5.62. The molecule has 6 nitrogen and oxygen atoms in total. The molecular formula is C23H29FN4O2. The van der Waals surface area contributed by atoms with E-state index in [9.17, 15) is 14.0 Å². The number of carbonyl (C=O) groups is 2. The smallest absolute Gasteiger partial charge is 0.239 e. The van der Waals surface area contributed by atoms with Crippen LogP contribution in [-0.4, -0.2) is 48.4 Å². The number of rotatable bonds is 8. The van der Waals surface area contributed by atoms with E-state index in [2.05, 4.69) is 15.6 Å². The normalized spacial score (nSPS) is 15.2. The lowest BCUT2D eigenvalue weighted by atomic mass is 9.79. The van der Waals surface area contributed by atoms with Crippen LogP contribution in [0.15, 0.2) is 42.5 Å². The third-order valence-electron chi connectivity index (χ3n) is 5.62. The van der Waals surface area contributed by atoms with Crippen LogP contribution in [0, 0.1) is 12.7 Å². The monoisotopic (exact) mass is 412 g/mol. The van der Waals surface area contributed by atoms with Crippen LogP contribution in [0.25, 0.3) is 0 Å². The van der Waals surface area contributed by atoms with Crippen LogP contribution < -0.4 is 10.6 Å². The first kappa shape index (κ1) is 21.9. The second kappa shape index (κ2) is 9.80. The molecular weight excluding hydrogens is 383 g/mol. The largest absolute Gasteiger partial charge is 0.354 e. The summed E-state index contributed by atoms with van der Waals surface area (Å²) in [6, 6.07) is 12.0. The Labute approximate surface area is 176 Å². The van der Waals surface area contributed by atoms with E-state index in [1.165, 1.54) is 12.1 Å². The molecule has 0 radical (unpaired) electrons. The van der Waals surface area contributed by atoms with Crippen LogP contribution in [0.3, 0.4) is 0 Å². The number of likely N-dealkylation sites (N-methyl/N-ethyl adjacent to an activating group) is 1. The molecule has 1 saturated carbocycles. The number of anilines is 1. The Morgan fingerprint density at radius 1 is 1.07 bits per heavy atom. The van der Waals surface area contributed by atoms with Crippen LogP contribution >= 0.6 is 0 Å². The van der Waals surface area contributed by atoms with Gasteiger partial charge in [-0.3, -0.25) is 14.5 Å². The first-order valence-electron chi connectivity index (χ1n) is 10.3. The third kappa shape index (κ3) is 5.86. The van der Waals surface area contributed by atoms with Gasteiger partial charge < -0.3 is 10.6 Å². The minimum Gasteiger partial charge on any atom is -0.354 e. The van der Waals surface area contributed by atoms with Gasteiger partial charge in [0.05, 0.1) is 13.1 Å². The van der Waals surface area contributed by atoms with Gasteiger partial charge >= 0.3 is 0 Å². The Morgan fingerprint density at radius 3 is 2.40 bits per heavy atom. The van der Waals surface area contributed by atoms with Gasteiger partial charge in [0.1, 0.15) is 11.6 Å². The molecule has 0 saturated heterocycles. The fraction of sp³-hybridized carbons (Fsp3) is 0.435. The second-order valence-corrected chi connectivity index (χ2v) is 8.16. The van der Waals surface area contributed by atoms with Crippen molar-refractivity contribution in [2.24, 2.45) is 0 Å². The van der Waals surface area contributed by atoms with Crippen molar-refractivity contribution in [3.05, 3.63) is 59.5 Å². The number of hydrogen-bond acceptors (Lipinski definition) is 4.